The minimum Gasteiger partial charge on any atom is -0.504 e. The van der Waals surface area contributed by atoms with Crippen LogP contribution in [0.1, 0.15) is 61.6 Å². The Bertz CT molecular complexity index is 1280. The number of likely N-dealkylation sites (tertiary alicyclic amines) is 1. The van der Waals surface area contributed by atoms with Gasteiger partial charge in [0.15, 0.2) is 11.5 Å². The Morgan fingerprint density at radius 2 is 1.95 bits per heavy atom. The van der Waals surface area contributed by atoms with Crippen LogP contribution in [0.25, 0.3) is 0 Å². The van der Waals surface area contributed by atoms with Crippen LogP contribution in [0.2, 0.25) is 0 Å². The lowest BCUT2D eigenvalue weighted by molar-refractivity contribution is -0.254. The van der Waals surface area contributed by atoms with Crippen molar-refractivity contribution in [2.24, 2.45) is 11.3 Å². The number of carbonyl (C=O) groups excluding carboxylic acids is 1. The quantitative estimate of drug-likeness (QED) is 0.566. The summed E-state index contributed by atoms with van der Waals surface area (Å²) in [5.41, 5.74) is 2.09. The highest BCUT2D eigenvalue weighted by molar-refractivity contribution is 5.77. The van der Waals surface area contributed by atoms with Crippen LogP contribution in [0, 0.1) is 11.3 Å². The van der Waals surface area contributed by atoms with Crippen molar-refractivity contribution in [3.05, 3.63) is 59.2 Å². The highest BCUT2D eigenvalue weighted by Crippen LogP contribution is 2.75. The molecule has 2 heterocycles. The Morgan fingerprint density at radius 1 is 1.11 bits per heavy atom. The summed E-state index contributed by atoms with van der Waals surface area (Å²) in [5.74, 6) is 1.59. The molecule has 9 rings (SSSR count). The van der Waals surface area contributed by atoms with E-state index < -0.39 is 11.7 Å². The number of ether oxygens (including phenoxy) is 1. The number of phenolic OH excluding ortho intramolecular Hbond substituents is 1. The lowest BCUT2D eigenvalue weighted by atomic mass is 9.36. The average molecular weight is 501 g/mol. The molecule has 1 saturated heterocycles. The second-order valence-corrected chi connectivity index (χ2v) is 12.8. The average Bonchev–Trinajstić information content (AvgIpc) is 3.64. The molecule has 6 nitrogen and oxygen atoms in total. The first-order valence-electron chi connectivity index (χ1n) is 14.3. The zero-order chi connectivity index (χ0) is 25.0. The summed E-state index contributed by atoms with van der Waals surface area (Å²) in [6.07, 6.45) is 7.58. The summed E-state index contributed by atoms with van der Waals surface area (Å²) in [7, 11) is 0. The zero-order valence-corrected chi connectivity index (χ0v) is 21.3. The summed E-state index contributed by atoms with van der Waals surface area (Å²) in [4.78, 5) is 16.0. The monoisotopic (exact) mass is 500 g/mol. The lowest BCUT2D eigenvalue weighted by Gasteiger charge is -2.73. The highest BCUT2D eigenvalue weighted by atomic mass is 16.5. The molecule has 4 saturated carbocycles. The van der Waals surface area contributed by atoms with Crippen LogP contribution in [0.3, 0.4) is 0 Å². The molecular weight excluding hydrogens is 464 g/mol. The number of piperidine rings is 1. The predicted octanol–water partition coefficient (Wildman–Crippen LogP) is 3.46. The fourth-order valence-electron chi connectivity index (χ4n) is 9.40. The summed E-state index contributed by atoms with van der Waals surface area (Å²) in [6, 6.07) is 14.0. The van der Waals surface area contributed by atoms with Gasteiger partial charge in [-0.25, -0.2) is 0 Å². The van der Waals surface area contributed by atoms with E-state index in [1.54, 1.807) is 6.07 Å². The summed E-state index contributed by atoms with van der Waals surface area (Å²) < 4.78 is 6.64. The largest absolute Gasteiger partial charge is 0.504 e. The summed E-state index contributed by atoms with van der Waals surface area (Å²) >= 11 is 0. The number of fused-ring (bicyclic) bond motifs is 2. The number of aryl methyl sites for hydroxylation is 1. The first-order valence-corrected chi connectivity index (χ1v) is 14.3. The molecule has 3 N–H and O–H groups in total. The van der Waals surface area contributed by atoms with Gasteiger partial charge in [-0.15, -0.1) is 0 Å². The first kappa shape index (κ1) is 22.4. The molecule has 2 aromatic carbocycles. The third-order valence-electron chi connectivity index (χ3n) is 11.1. The van der Waals surface area contributed by atoms with Gasteiger partial charge in [-0.2, -0.15) is 0 Å². The Labute approximate surface area is 218 Å². The van der Waals surface area contributed by atoms with E-state index in [-0.39, 0.29) is 28.5 Å². The van der Waals surface area contributed by atoms with E-state index in [1.807, 2.05) is 18.2 Å². The Hall–Kier alpha value is -2.57. The second kappa shape index (κ2) is 7.51. The van der Waals surface area contributed by atoms with E-state index in [1.165, 1.54) is 24.0 Å². The number of carbonyl (C=O) groups is 1. The number of hydrogen-bond donors (Lipinski definition) is 3. The molecule has 2 aliphatic heterocycles. The molecule has 5 fully saturated rings. The first-order chi connectivity index (χ1) is 17.9. The van der Waals surface area contributed by atoms with Gasteiger partial charge in [-0.05, 0) is 81.0 Å². The third-order valence-corrected chi connectivity index (χ3v) is 11.1. The van der Waals surface area contributed by atoms with Gasteiger partial charge in [-0.1, -0.05) is 36.4 Å². The van der Waals surface area contributed by atoms with Crippen molar-refractivity contribution >= 4 is 5.91 Å². The lowest BCUT2D eigenvalue weighted by Crippen LogP contribution is -2.83. The summed E-state index contributed by atoms with van der Waals surface area (Å²) in [6.45, 7) is 2.17. The molecule has 194 valence electrons. The van der Waals surface area contributed by atoms with E-state index in [2.05, 4.69) is 28.4 Å². The maximum Gasteiger partial charge on any atom is 0.220 e. The normalized spacial score (nSPS) is 38.7. The number of aromatic hydroxyl groups is 1. The van der Waals surface area contributed by atoms with Crippen molar-refractivity contribution in [2.45, 2.75) is 87.0 Å². The molecule has 0 unspecified atom stereocenters. The fourth-order valence-corrected chi connectivity index (χ4v) is 9.40. The fraction of sp³-hybridized carbons (Fsp3) is 0.581. The van der Waals surface area contributed by atoms with E-state index in [0.29, 0.717) is 31.1 Å². The number of nitrogens with zero attached hydrogens (tertiary/aromatic N) is 1. The molecule has 1 amide bonds. The standard InChI is InChI=1S/C31H36N2O4/c34-22-10-9-21-16-24-29-12-13-31(36,23(17-29)32-25(35)11-8-19-4-2-1-3-5-19)28-30(29,26(21)27(22)37-28)14-15-33(24)18-20-6-7-20/h1-5,9-10,20,23-24,28,34,36H,6-8,11-18H2,(H,32,35)/t23-,24+,28+,29+,30-,31+/m0/s1. The van der Waals surface area contributed by atoms with Gasteiger partial charge in [-0.3, -0.25) is 9.69 Å². The van der Waals surface area contributed by atoms with Gasteiger partial charge >= 0.3 is 0 Å². The number of rotatable bonds is 6. The van der Waals surface area contributed by atoms with Crippen molar-refractivity contribution < 1.29 is 19.7 Å². The van der Waals surface area contributed by atoms with Crippen molar-refractivity contribution in [1.29, 1.82) is 0 Å². The van der Waals surface area contributed by atoms with Crippen LogP contribution in [0.4, 0.5) is 0 Å². The maximum atomic E-state index is 13.2. The Morgan fingerprint density at radius 3 is 2.76 bits per heavy atom. The zero-order valence-electron chi connectivity index (χ0n) is 21.3. The number of hydrogen-bond acceptors (Lipinski definition) is 5. The van der Waals surface area contributed by atoms with E-state index in [4.69, 9.17) is 4.74 Å². The Kier molecular flexibility index (Phi) is 4.55. The van der Waals surface area contributed by atoms with Crippen LogP contribution in [0.15, 0.2) is 42.5 Å². The van der Waals surface area contributed by atoms with Gasteiger partial charge in [0.1, 0.15) is 11.7 Å². The van der Waals surface area contributed by atoms with Gasteiger partial charge in [0.2, 0.25) is 5.91 Å². The molecular formula is C31H36N2O4. The van der Waals surface area contributed by atoms with Gasteiger partial charge < -0.3 is 20.3 Å². The molecule has 4 bridgehead atoms. The maximum absolute atomic E-state index is 13.2. The van der Waals surface area contributed by atoms with E-state index in [9.17, 15) is 15.0 Å². The molecule has 6 heteroatoms. The number of phenols is 1. The van der Waals surface area contributed by atoms with Crippen molar-refractivity contribution in [3.63, 3.8) is 0 Å². The van der Waals surface area contributed by atoms with Crippen LogP contribution in [-0.2, 0) is 23.1 Å². The minimum atomic E-state index is -1.15. The minimum absolute atomic E-state index is 0.00451. The van der Waals surface area contributed by atoms with Crippen LogP contribution in [-0.4, -0.2) is 57.9 Å². The van der Waals surface area contributed by atoms with E-state index >= 15 is 0 Å². The molecule has 2 aromatic rings. The van der Waals surface area contributed by atoms with Crippen LogP contribution < -0.4 is 10.1 Å². The molecule has 0 aromatic heterocycles. The number of aliphatic hydroxyl groups is 1. The molecule has 5 aliphatic carbocycles. The molecule has 6 atom stereocenters. The summed E-state index contributed by atoms with van der Waals surface area (Å²) in [5, 5.41) is 26.5. The smallest absolute Gasteiger partial charge is 0.220 e. The van der Waals surface area contributed by atoms with Crippen molar-refractivity contribution in [3.8, 4) is 11.5 Å². The van der Waals surface area contributed by atoms with Gasteiger partial charge in [0.25, 0.3) is 0 Å². The highest BCUT2D eigenvalue weighted by Gasteiger charge is 2.80. The van der Waals surface area contributed by atoms with Crippen molar-refractivity contribution in [2.75, 3.05) is 13.1 Å². The van der Waals surface area contributed by atoms with Crippen molar-refractivity contribution in [1.82, 2.24) is 10.2 Å². The van der Waals surface area contributed by atoms with Crippen LogP contribution in [0.5, 0.6) is 11.5 Å². The van der Waals surface area contributed by atoms with Gasteiger partial charge in [0.05, 0.1) is 6.04 Å². The second-order valence-electron chi connectivity index (χ2n) is 12.8. The number of amides is 1. The van der Waals surface area contributed by atoms with Crippen LogP contribution >= 0.6 is 0 Å². The molecule has 37 heavy (non-hydrogen) atoms. The SMILES string of the molecule is O=C(CCc1ccccc1)N[C@H]1C[C@@]23CC[C@]1(O)[C@@H]1Oc4c(O)ccc5c4[C@@]12CCN(CC1CC1)[C@@H]3C5. The Balaban J connectivity index is 1.17. The van der Waals surface area contributed by atoms with E-state index in [0.717, 1.165) is 50.3 Å². The number of benzene rings is 2. The molecule has 7 aliphatic rings. The molecule has 2 spiro atoms. The molecule has 0 radical (unpaired) electrons. The topological polar surface area (TPSA) is 82.0 Å². The number of nitrogens with one attached hydrogen (secondary N) is 1. The van der Waals surface area contributed by atoms with Gasteiger partial charge in [0, 0.05) is 35.4 Å². The third kappa shape index (κ3) is 2.86. The predicted molar refractivity (Wildman–Crippen MR) is 139 cm³/mol.